The van der Waals surface area contributed by atoms with E-state index < -0.39 is 23.8 Å². The summed E-state index contributed by atoms with van der Waals surface area (Å²) in [6.45, 7) is 0. The summed E-state index contributed by atoms with van der Waals surface area (Å²) in [6, 6.07) is 0. The van der Waals surface area contributed by atoms with Gasteiger partial charge in [0.1, 0.15) is 0 Å². The van der Waals surface area contributed by atoms with Crippen LogP contribution in [0.2, 0.25) is 0 Å². The Balaban J connectivity index is 4.96. The van der Waals surface area contributed by atoms with Crippen molar-refractivity contribution in [1.82, 2.24) is 0 Å². The molecule has 0 aliphatic heterocycles. The number of alkyl halides is 3. The van der Waals surface area contributed by atoms with Crippen LogP contribution in [0.25, 0.3) is 0 Å². The predicted octanol–water partition coefficient (Wildman–Crippen LogP) is 1.78. The van der Waals surface area contributed by atoms with Gasteiger partial charge in [0.15, 0.2) is 0 Å². The number of hydrogen-bond donors (Lipinski definition) is 1. The van der Waals surface area contributed by atoms with Gasteiger partial charge in [-0.1, -0.05) is 0 Å². The van der Waals surface area contributed by atoms with Crippen molar-refractivity contribution in [3.8, 4) is 0 Å². The molecule has 0 saturated carbocycles. The molecule has 0 aromatic heterocycles. The number of aliphatic carboxylic acids is 1. The summed E-state index contributed by atoms with van der Waals surface area (Å²) in [6.07, 6.45) is -8.75. The molecule has 0 aromatic carbocycles. The van der Waals surface area contributed by atoms with Crippen molar-refractivity contribution in [2.45, 2.75) is 6.18 Å². The summed E-state index contributed by atoms with van der Waals surface area (Å²) in [5.74, 6) is -2.68. The molecule has 2 nitrogen and oxygen atoms in total. The Morgan fingerprint density at radius 3 is 1.55 bits per heavy atom. The van der Waals surface area contributed by atoms with E-state index in [0.29, 0.717) is 0 Å². The Morgan fingerprint density at radius 1 is 1.18 bits per heavy atom. The largest absolute Gasteiger partial charge is 0.477 e. The van der Waals surface area contributed by atoms with Gasteiger partial charge >= 0.3 is 12.1 Å². The fraction of sp³-hybridized carbons (Fsp3) is 0.250. The van der Waals surface area contributed by atoms with E-state index in [2.05, 4.69) is 0 Å². The lowest BCUT2D eigenvalue weighted by Gasteiger charge is -2.04. The molecule has 0 rings (SSSR count). The summed E-state index contributed by atoms with van der Waals surface area (Å²) in [5, 5.41) is 7.62. The van der Waals surface area contributed by atoms with Gasteiger partial charge in [-0.05, 0) is 0 Å². The van der Waals surface area contributed by atoms with Crippen molar-refractivity contribution >= 4 is 5.97 Å². The molecule has 1 N–H and O–H groups in total. The highest BCUT2D eigenvalue weighted by Gasteiger charge is 2.43. The molecule has 0 radical (unpaired) electrons. The maximum Gasteiger partial charge on any atom is 0.428 e. The third-order valence-electron chi connectivity index (χ3n) is 0.686. The molecular weight excluding hydrogens is 175 g/mol. The van der Waals surface area contributed by atoms with Crippen LogP contribution in [-0.4, -0.2) is 17.3 Å². The summed E-state index contributed by atoms with van der Waals surface area (Å²) in [7, 11) is 0. The highest BCUT2D eigenvalue weighted by Crippen LogP contribution is 2.29. The molecule has 64 valence electrons. The maximum absolute atomic E-state index is 11.3. The van der Waals surface area contributed by atoms with E-state index in [1.54, 1.807) is 0 Å². The van der Waals surface area contributed by atoms with Gasteiger partial charge in [0.2, 0.25) is 5.57 Å². The number of carboxylic acid groups (broad SMARTS) is 1. The second-order valence-corrected chi connectivity index (χ2v) is 1.44. The lowest BCUT2D eigenvalue weighted by atomic mass is 10.3. The quantitative estimate of drug-likeness (QED) is 0.488. The van der Waals surface area contributed by atoms with E-state index in [0.717, 1.165) is 0 Å². The van der Waals surface area contributed by atoms with Gasteiger partial charge in [0.25, 0.3) is 6.08 Å². The fourth-order valence-corrected chi connectivity index (χ4v) is 0.309. The Bertz CT molecular complexity index is 199. The minimum Gasteiger partial charge on any atom is -0.477 e. The number of halogens is 5. The van der Waals surface area contributed by atoms with Crippen LogP contribution in [0.1, 0.15) is 0 Å². The molecule has 7 heteroatoms. The van der Waals surface area contributed by atoms with Gasteiger partial charge < -0.3 is 5.11 Å². The molecule has 0 aromatic rings. The average molecular weight is 176 g/mol. The van der Waals surface area contributed by atoms with E-state index in [4.69, 9.17) is 5.11 Å². The summed E-state index contributed by atoms with van der Waals surface area (Å²) in [4.78, 5) is 9.53. The topological polar surface area (TPSA) is 37.3 Å². The lowest BCUT2D eigenvalue weighted by molar-refractivity contribution is -0.146. The van der Waals surface area contributed by atoms with E-state index in [1.807, 2.05) is 0 Å². The third kappa shape index (κ3) is 2.52. The smallest absolute Gasteiger partial charge is 0.428 e. The molecule has 0 saturated heterocycles. The lowest BCUT2D eigenvalue weighted by Crippen LogP contribution is -2.20. The average Bonchev–Trinajstić information content (AvgIpc) is 1.54. The molecule has 0 unspecified atom stereocenters. The van der Waals surface area contributed by atoms with Gasteiger partial charge in [-0.25, -0.2) is 4.79 Å². The van der Waals surface area contributed by atoms with Crippen molar-refractivity contribution in [2.75, 3.05) is 0 Å². The molecule has 0 spiro atoms. The van der Waals surface area contributed by atoms with E-state index in [1.165, 1.54) is 0 Å². The zero-order chi connectivity index (χ0) is 9.23. The summed E-state index contributed by atoms with van der Waals surface area (Å²) >= 11 is 0. The van der Waals surface area contributed by atoms with Crippen molar-refractivity contribution in [1.29, 1.82) is 0 Å². The first-order valence-corrected chi connectivity index (χ1v) is 2.12. The molecular formula is C4HF5O2. The van der Waals surface area contributed by atoms with Crippen LogP contribution in [-0.2, 0) is 4.79 Å². The van der Waals surface area contributed by atoms with Gasteiger partial charge in [-0.3, -0.25) is 0 Å². The minimum absolute atomic E-state index is 2.68. The molecule has 0 atom stereocenters. The molecule has 0 aliphatic rings. The normalized spacial score (nSPS) is 11.0. The zero-order valence-corrected chi connectivity index (χ0v) is 4.75. The van der Waals surface area contributed by atoms with Crippen molar-refractivity contribution in [3.63, 3.8) is 0 Å². The number of carboxylic acids is 1. The highest BCUT2D eigenvalue weighted by molar-refractivity contribution is 5.88. The molecule has 0 aliphatic carbocycles. The predicted molar refractivity (Wildman–Crippen MR) is 22.9 cm³/mol. The number of rotatable bonds is 1. The van der Waals surface area contributed by atoms with Gasteiger partial charge in [0, 0.05) is 0 Å². The maximum atomic E-state index is 11.3. The SMILES string of the molecule is O=C(O)C(=C(F)F)C(F)(F)F. The second-order valence-electron chi connectivity index (χ2n) is 1.44. The minimum atomic E-state index is -5.51. The third-order valence-corrected chi connectivity index (χ3v) is 0.686. The van der Waals surface area contributed by atoms with E-state index in [-0.39, 0.29) is 0 Å². The fourth-order valence-electron chi connectivity index (χ4n) is 0.309. The van der Waals surface area contributed by atoms with Gasteiger partial charge in [-0.15, -0.1) is 0 Å². The van der Waals surface area contributed by atoms with Crippen LogP contribution in [0, 0.1) is 0 Å². The first kappa shape index (κ1) is 9.86. The molecule has 0 heterocycles. The van der Waals surface area contributed by atoms with Crippen LogP contribution < -0.4 is 0 Å². The number of hydrogen-bond acceptors (Lipinski definition) is 1. The van der Waals surface area contributed by atoms with Crippen LogP contribution in [0.3, 0.4) is 0 Å². The van der Waals surface area contributed by atoms with E-state index >= 15 is 0 Å². The Morgan fingerprint density at radius 2 is 1.55 bits per heavy atom. The molecule has 11 heavy (non-hydrogen) atoms. The van der Waals surface area contributed by atoms with Crippen LogP contribution in [0.15, 0.2) is 11.7 Å². The standard InChI is InChI=1S/C4HF5O2/c5-2(6)1(3(10)11)4(7,8)9/h(H,10,11). The first-order chi connectivity index (χ1) is 4.76. The number of carbonyl (C=O) groups is 1. The Hall–Kier alpha value is -1.14. The molecule has 0 fully saturated rings. The van der Waals surface area contributed by atoms with Crippen LogP contribution in [0.4, 0.5) is 22.0 Å². The monoisotopic (exact) mass is 176 g/mol. The summed E-state index contributed by atoms with van der Waals surface area (Å²) in [5.41, 5.74) is -2.82. The van der Waals surface area contributed by atoms with E-state index in [9.17, 15) is 26.7 Å². The van der Waals surface area contributed by atoms with Crippen LogP contribution in [0.5, 0.6) is 0 Å². The Labute approximate surface area is 56.9 Å². The van der Waals surface area contributed by atoms with Gasteiger partial charge in [0.05, 0.1) is 0 Å². The highest BCUT2D eigenvalue weighted by atomic mass is 19.4. The van der Waals surface area contributed by atoms with Crippen LogP contribution >= 0.6 is 0 Å². The Kier molecular flexibility index (Phi) is 2.55. The zero-order valence-electron chi connectivity index (χ0n) is 4.75. The van der Waals surface area contributed by atoms with Crippen molar-refractivity contribution in [3.05, 3.63) is 11.7 Å². The summed E-state index contributed by atoms with van der Waals surface area (Å²) < 4.78 is 56.4. The first-order valence-electron chi connectivity index (χ1n) is 2.12. The second kappa shape index (κ2) is 2.85. The van der Waals surface area contributed by atoms with Gasteiger partial charge in [-0.2, -0.15) is 22.0 Å². The molecule has 0 bridgehead atoms. The van der Waals surface area contributed by atoms with Crippen molar-refractivity contribution in [2.24, 2.45) is 0 Å². The van der Waals surface area contributed by atoms with Crippen molar-refractivity contribution < 1.29 is 31.9 Å². The molecule has 0 amide bonds.